The molecule has 0 aromatic heterocycles. The predicted molar refractivity (Wildman–Crippen MR) is 149 cm³/mol. The van der Waals surface area contributed by atoms with E-state index < -0.39 is 0 Å². The Balaban J connectivity index is 1.53. The van der Waals surface area contributed by atoms with E-state index in [4.69, 9.17) is 0 Å². The fourth-order valence-electron chi connectivity index (χ4n) is 7.49. The minimum Gasteiger partial charge on any atom is -0.311 e. The molecule has 0 radical (unpaired) electrons. The van der Waals surface area contributed by atoms with Crippen LogP contribution in [0.25, 0.3) is 0 Å². The van der Waals surface area contributed by atoms with Gasteiger partial charge in [-0.25, -0.2) is 0 Å². The van der Waals surface area contributed by atoms with Gasteiger partial charge in [-0.15, -0.1) is 0 Å². The lowest BCUT2D eigenvalue weighted by atomic mass is 9.29. The fourth-order valence-corrected chi connectivity index (χ4v) is 7.49. The zero-order valence-electron chi connectivity index (χ0n) is 21.1. The molecule has 2 heterocycles. The van der Waals surface area contributed by atoms with Gasteiger partial charge in [0.15, 0.2) is 0 Å². The number of aryl methyl sites for hydroxylation is 4. The molecule has 4 aliphatic rings. The Morgan fingerprint density at radius 2 is 1.49 bits per heavy atom. The molecule has 0 saturated heterocycles. The van der Waals surface area contributed by atoms with E-state index in [-0.39, 0.29) is 5.41 Å². The molecule has 0 fully saturated rings. The SMILES string of the molecule is Cc1ccc2c(c1)B1c3ccc4c(c3N(c3cccc5c3CC5)c3cc(C)cc(c31)C2(C)C)CC4. The Hall–Kier alpha value is -3.26. The third kappa shape index (κ3) is 2.41. The van der Waals surface area contributed by atoms with Crippen LogP contribution in [0.5, 0.6) is 0 Å². The Bertz CT molecular complexity index is 1610. The maximum Gasteiger partial charge on any atom is 0.247 e. The topological polar surface area (TPSA) is 3.24 Å². The highest BCUT2D eigenvalue weighted by Crippen LogP contribution is 2.48. The smallest absolute Gasteiger partial charge is 0.247 e. The molecule has 2 heteroatoms. The molecule has 35 heavy (non-hydrogen) atoms. The normalized spacial score (nSPS) is 17.4. The van der Waals surface area contributed by atoms with E-state index in [0.29, 0.717) is 6.71 Å². The van der Waals surface area contributed by atoms with Gasteiger partial charge >= 0.3 is 0 Å². The summed E-state index contributed by atoms with van der Waals surface area (Å²) < 4.78 is 0. The fraction of sp³-hybridized carbons (Fsp3) is 0.273. The summed E-state index contributed by atoms with van der Waals surface area (Å²) in [7, 11) is 0. The number of rotatable bonds is 1. The molecule has 2 aliphatic heterocycles. The number of nitrogens with zero attached hydrogens (tertiary/aromatic N) is 1. The standard InChI is InChI=1S/C33H30BN/c1-19-8-14-25-28(17-19)34-27-15-11-22-10-13-24(22)32(27)35(29-7-5-6-21-9-12-23(21)29)30-18-20(2)16-26(31(30)34)33(25,3)4/h5-8,11,14-18H,9-10,12-13H2,1-4H3. The zero-order valence-corrected chi connectivity index (χ0v) is 21.1. The molecule has 0 saturated carbocycles. The highest BCUT2D eigenvalue weighted by Gasteiger charge is 2.47. The van der Waals surface area contributed by atoms with Crippen LogP contribution in [0.2, 0.25) is 0 Å². The van der Waals surface area contributed by atoms with Crippen molar-refractivity contribution >= 4 is 40.2 Å². The monoisotopic (exact) mass is 451 g/mol. The van der Waals surface area contributed by atoms with E-state index in [2.05, 4.69) is 93.3 Å². The molecule has 2 aliphatic carbocycles. The average Bonchev–Trinajstić information content (AvgIpc) is 2.77. The summed E-state index contributed by atoms with van der Waals surface area (Å²) in [5.41, 5.74) is 20.7. The van der Waals surface area contributed by atoms with Crippen molar-refractivity contribution in [2.75, 3.05) is 4.90 Å². The quantitative estimate of drug-likeness (QED) is 0.307. The first-order valence-corrected chi connectivity index (χ1v) is 13.2. The van der Waals surface area contributed by atoms with Crippen molar-refractivity contribution in [3.8, 4) is 0 Å². The summed E-state index contributed by atoms with van der Waals surface area (Å²) in [6.45, 7) is 9.69. The Morgan fingerprint density at radius 3 is 2.26 bits per heavy atom. The highest BCUT2D eigenvalue weighted by atomic mass is 15.2. The van der Waals surface area contributed by atoms with E-state index >= 15 is 0 Å². The predicted octanol–water partition coefficient (Wildman–Crippen LogP) is 5.44. The Kier molecular flexibility index (Phi) is 3.71. The van der Waals surface area contributed by atoms with Gasteiger partial charge < -0.3 is 4.90 Å². The maximum absolute atomic E-state index is 2.69. The summed E-state index contributed by atoms with van der Waals surface area (Å²) in [6, 6.07) is 24.0. The average molecular weight is 451 g/mol. The lowest BCUT2D eigenvalue weighted by molar-refractivity contribution is 0.645. The second-order valence-corrected chi connectivity index (χ2v) is 11.8. The molecule has 0 unspecified atom stereocenters. The maximum atomic E-state index is 2.69. The van der Waals surface area contributed by atoms with Gasteiger partial charge in [0, 0.05) is 22.5 Å². The summed E-state index contributed by atoms with van der Waals surface area (Å²) in [5, 5.41) is 0. The van der Waals surface area contributed by atoms with Crippen LogP contribution < -0.4 is 21.3 Å². The Morgan fingerprint density at radius 1 is 0.686 bits per heavy atom. The van der Waals surface area contributed by atoms with Crippen molar-refractivity contribution in [2.45, 2.75) is 58.8 Å². The first kappa shape index (κ1) is 20.0. The number of fused-ring (bicyclic) bond motifs is 7. The van der Waals surface area contributed by atoms with Crippen molar-refractivity contribution in [1.29, 1.82) is 0 Å². The van der Waals surface area contributed by atoms with Crippen LogP contribution >= 0.6 is 0 Å². The van der Waals surface area contributed by atoms with Crippen LogP contribution in [0, 0.1) is 13.8 Å². The lowest BCUT2D eigenvalue weighted by Crippen LogP contribution is -2.64. The number of hydrogen-bond donors (Lipinski definition) is 0. The summed E-state index contributed by atoms with van der Waals surface area (Å²) in [5.74, 6) is 0. The second kappa shape index (κ2) is 6.49. The minimum absolute atomic E-state index is 0.0274. The van der Waals surface area contributed by atoms with Gasteiger partial charge in [0.1, 0.15) is 0 Å². The molecule has 4 aromatic rings. The lowest BCUT2D eigenvalue weighted by Gasteiger charge is -2.48. The van der Waals surface area contributed by atoms with Crippen LogP contribution in [0.1, 0.15) is 58.4 Å². The molecule has 0 atom stereocenters. The van der Waals surface area contributed by atoms with Gasteiger partial charge in [0.25, 0.3) is 0 Å². The van der Waals surface area contributed by atoms with Gasteiger partial charge in [-0.3, -0.25) is 0 Å². The summed E-state index contributed by atoms with van der Waals surface area (Å²) >= 11 is 0. The number of hydrogen-bond acceptors (Lipinski definition) is 1. The van der Waals surface area contributed by atoms with E-state index in [0.717, 1.165) is 0 Å². The molecule has 0 amide bonds. The van der Waals surface area contributed by atoms with E-state index in [1.165, 1.54) is 87.0 Å². The van der Waals surface area contributed by atoms with Crippen molar-refractivity contribution in [3.05, 3.63) is 105 Å². The summed E-state index contributed by atoms with van der Waals surface area (Å²) in [6.07, 6.45) is 4.81. The minimum atomic E-state index is -0.0274. The number of anilines is 3. The van der Waals surface area contributed by atoms with Crippen LogP contribution in [0.3, 0.4) is 0 Å². The third-order valence-electron chi connectivity index (χ3n) is 9.42. The first-order valence-electron chi connectivity index (χ1n) is 13.2. The van der Waals surface area contributed by atoms with Crippen molar-refractivity contribution in [2.24, 2.45) is 0 Å². The molecule has 4 aromatic carbocycles. The molecule has 0 spiro atoms. The number of benzene rings is 4. The van der Waals surface area contributed by atoms with Crippen molar-refractivity contribution in [3.63, 3.8) is 0 Å². The van der Waals surface area contributed by atoms with Gasteiger partial charge in [-0.05, 0) is 102 Å². The molecule has 0 bridgehead atoms. The van der Waals surface area contributed by atoms with E-state index in [1.807, 2.05) is 0 Å². The van der Waals surface area contributed by atoms with E-state index in [1.54, 1.807) is 16.7 Å². The molecular weight excluding hydrogens is 421 g/mol. The molecule has 170 valence electrons. The summed E-state index contributed by atoms with van der Waals surface area (Å²) in [4.78, 5) is 2.69. The molecule has 1 nitrogen and oxygen atoms in total. The van der Waals surface area contributed by atoms with Gasteiger partial charge in [-0.2, -0.15) is 0 Å². The largest absolute Gasteiger partial charge is 0.311 e. The van der Waals surface area contributed by atoms with Gasteiger partial charge in [0.2, 0.25) is 6.71 Å². The molecular formula is C33H30BN. The third-order valence-corrected chi connectivity index (χ3v) is 9.42. The van der Waals surface area contributed by atoms with Crippen LogP contribution in [0.15, 0.2) is 60.7 Å². The van der Waals surface area contributed by atoms with Crippen LogP contribution in [-0.4, -0.2) is 6.71 Å². The van der Waals surface area contributed by atoms with Gasteiger partial charge in [-0.1, -0.05) is 73.4 Å². The molecule has 0 N–H and O–H groups in total. The highest BCUT2D eigenvalue weighted by molar-refractivity contribution is 6.99. The van der Waals surface area contributed by atoms with Crippen LogP contribution in [0.4, 0.5) is 17.1 Å². The zero-order chi connectivity index (χ0) is 23.6. The molecule has 8 rings (SSSR count). The second-order valence-electron chi connectivity index (χ2n) is 11.8. The van der Waals surface area contributed by atoms with Crippen LogP contribution in [-0.2, 0) is 31.1 Å². The van der Waals surface area contributed by atoms with Gasteiger partial charge in [0.05, 0.1) is 0 Å². The van der Waals surface area contributed by atoms with E-state index in [9.17, 15) is 0 Å². The van der Waals surface area contributed by atoms with Crippen molar-refractivity contribution in [1.82, 2.24) is 0 Å². The van der Waals surface area contributed by atoms with Crippen molar-refractivity contribution < 1.29 is 0 Å². The Labute approximate surface area is 208 Å². The first-order chi connectivity index (χ1) is 16.9.